The molecule has 0 aliphatic heterocycles. The number of hydrogen-bond donors (Lipinski definition) is 1. The number of hydrogen-bond acceptors (Lipinski definition) is 3. The number of methoxy groups -OCH3 is 1. The van der Waals surface area contributed by atoms with Gasteiger partial charge >= 0.3 is 0 Å². The van der Waals surface area contributed by atoms with Crippen molar-refractivity contribution in [1.29, 1.82) is 0 Å². The van der Waals surface area contributed by atoms with Gasteiger partial charge in [0.25, 0.3) is 0 Å². The number of halogens is 1. The van der Waals surface area contributed by atoms with Gasteiger partial charge in [-0.05, 0) is 12.8 Å². The van der Waals surface area contributed by atoms with Crippen LogP contribution in [0.4, 0.5) is 0 Å². The highest BCUT2D eigenvalue weighted by Gasteiger charge is 2.49. The van der Waals surface area contributed by atoms with Crippen LogP contribution in [0.25, 0.3) is 0 Å². The van der Waals surface area contributed by atoms with Gasteiger partial charge in [-0.15, -0.1) is 11.6 Å². The molecule has 0 amide bonds. The van der Waals surface area contributed by atoms with E-state index in [0.29, 0.717) is 12.3 Å². The zero-order valence-corrected chi connectivity index (χ0v) is 11.6. The van der Waals surface area contributed by atoms with Gasteiger partial charge in [-0.25, -0.2) is 13.1 Å². The minimum atomic E-state index is -3.20. The third-order valence-electron chi connectivity index (χ3n) is 3.33. The van der Waals surface area contributed by atoms with Gasteiger partial charge < -0.3 is 4.74 Å². The molecule has 0 aromatic rings. The SMILES string of the molecule is COC1CC(NS(=O)(=O)CCCCl)C1(C)C. The molecule has 0 spiro atoms. The summed E-state index contributed by atoms with van der Waals surface area (Å²) >= 11 is 5.48. The van der Waals surface area contributed by atoms with E-state index in [1.165, 1.54) is 0 Å². The molecule has 96 valence electrons. The molecular formula is C10H20ClNO3S. The first kappa shape index (κ1) is 14.2. The molecule has 0 bridgehead atoms. The van der Waals surface area contributed by atoms with Crippen LogP contribution in [0.1, 0.15) is 26.7 Å². The molecule has 0 heterocycles. The van der Waals surface area contributed by atoms with Crippen molar-refractivity contribution in [2.45, 2.75) is 38.8 Å². The molecule has 0 aromatic heterocycles. The lowest BCUT2D eigenvalue weighted by Gasteiger charge is -2.50. The van der Waals surface area contributed by atoms with Gasteiger partial charge in [0, 0.05) is 24.4 Å². The lowest BCUT2D eigenvalue weighted by molar-refractivity contribution is -0.0908. The molecule has 1 saturated carbocycles. The summed E-state index contributed by atoms with van der Waals surface area (Å²) in [4.78, 5) is 0. The lowest BCUT2D eigenvalue weighted by atomic mass is 9.65. The third-order valence-corrected chi connectivity index (χ3v) is 5.07. The normalized spacial score (nSPS) is 28.8. The molecule has 4 nitrogen and oxygen atoms in total. The first-order chi connectivity index (χ1) is 7.33. The van der Waals surface area contributed by atoms with Crippen LogP contribution >= 0.6 is 11.6 Å². The Morgan fingerprint density at radius 2 is 2.12 bits per heavy atom. The predicted octanol–water partition coefficient (Wildman–Crippen LogP) is 1.35. The summed E-state index contributed by atoms with van der Waals surface area (Å²) < 4.78 is 31.3. The zero-order valence-electron chi connectivity index (χ0n) is 9.99. The molecule has 1 N–H and O–H groups in total. The quantitative estimate of drug-likeness (QED) is 0.741. The molecular weight excluding hydrogens is 250 g/mol. The fourth-order valence-electron chi connectivity index (χ4n) is 2.01. The number of alkyl halides is 1. The van der Waals surface area contributed by atoms with Crippen molar-refractivity contribution in [2.75, 3.05) is 18.7 Å². The first-order valence-corrected chi connectivity index (χ1v) is 7.61. The molecule has 1 aliphatic rings. The Bertz CT molecular complexity index is 329. The highest BCUT2D eigenvalue weighted by molar-refractivity contribution is 7.89. The Labute approximate surface area is 103 Å². The highest BCUT2D eigenvalue weighted by atomic mass is 35.5. The average molecular weight is 270 g/mol. The van der Waals surface area contributed by atoms with Gasteiger partial charge in [0.15, 0.2) is 0 Å². The first-order valence-electron chi connectivity index (χ1n) is 5.42. The Balaban J connectivity index is 2.51. The summed E-state index contributed by atoms with van der Waals surface area (Å²) in [6.45, 7) is 4.03. The van der Waals surface area contributed by atoms with E-state index in [4.69, 9.17) is 16.3 Å². The van der Waals surface area contributed by atoms with Crippen LogP contribution in [-0.2, 0) is 14.8 Å². The van der Waals surface area contributed by atoms with E-state index in [-0.39, 0.29) is 23.3 Å². The Hall–Kier alpha value is 0.160. The molecule has 2 atom stereocenters. The van der Waals surface area contributed by atoms with E-state index >= 15 is 0 Å². The van der Waals surface area contributed by atoms with E-state index in [2.05, 4.69) is 4.72 Å². The average Bonchev–Trinajstić information content (AvgIpc) is 2.21. The van der Waals surface area contributed by atoms with Crippen LogP contribution in [-0.4, -0.2) is 39.3 Å². The molecule has 16 heavy (non-hydrogen) atoms. The maximum Gasteiger partial charge on any atom is 0.211 e. The fraction of sp³-hybridized carbons (Fsp3) is 1.00. The minimum absolute atomic E-state index is 0.0298. The minimum Gasteiger partial charge on any atom is -0.381 e. The maximum atomic E-state index is 11.7. The van der Waals surface area contributed by atoms with Crippen LogP contribution in [0.15, 0.2) is 0 Å². The second kappa shape index (κ2) is 5.21. The lowest BCUT2D eigenvalue weighted by Crippen LogP contribution is -2.61. The summed E-state index contributed by atoms with van der Waals surface area (Å²) in [5.74, 6) is 0.469. The topological polar surface area (TPSA) is 55.4 Å². The second-order valence-electron chi connectivity index (χ2n) is 4.81. The van der Waals surface area contributed by atoms with Gasteiger partial charge in [0.1, 0.15) is 0 Å². The maximum absolute atomic E-state index is 11.7. The third kappa shape index (κ3) is 3.09. The van der Waals surface area contributed by atoms with E-state index in [0.717, 1.165) is 6.42 Å². The van der Waals surface area contributed by atoms with Crippen molar-refractivity contribution < 1.29 is 13.2 Å². The number of nitrogens with one attached hydrogen (secondary N) is 1. The van der Waals surface area contributed by atoms with Crippen LogP contribution < -0.4 is 4.72 Å². The summed E-state index contributed by atoms with van der Waals surface area (Å²) in [5.41, 5.74) is -0.136. The van der Waals surface area contributed by atoms with Gasteiger partial charge in [-0.3, -0.25) is 0 Å². The summed E-state index contributed by atoms with van der Waals surface area (Å²) in [7, 11) is -1.54. The summed E-state index contributed by atoms with van der Waals surface area (Å²) in [6.07, 6.45) is 1.36. The van der Waals surface area contributed by atoms with E-state index in [1.54, 1.807) is 7.11 Å². The van der Waals surface area contributed by atoms with Crippen molar-refractivity contribution in [3.8, 4) is 0 Å². The molecule has 6 heteroatoms. The molecule has 1 aliphatic carbocycles. The van der Waals surface area contributed by atoms with Crippen molar-refractivity contribution in [2.24, 2.45) is 5.41 Å². The molecule has 0 radical (unpaired) electrons. The van der Waals surface area contributed by atoms with Crippen LogP contribution in [0, 0.1) is 5.41 Å². The van der Waals surface area contributed by atoms with E-state index < -0.39 is 10.0 Å². The molecule has 0 aromatic carbocycles. The fourth-order valence-corrected chi connectivity index (χ4v) is 3.77. The Morgan fingerprint density at radius 1 is 1.50 bits per heavy atom. The van der Waals surface area contributed by atoms with Crippen molar-refractivity contribution >= 4 is 21.6 Å². The van der Waals surface area contributed by atoms with Crippen LogP contribution in [0.3, 0.4) is 0 Å². The van der Waals surface area contributed by atoms with Crippen molar-refractivity contribution in [3.05, 3.63) is 0 Å². The second-order valence-corrected chi connectivity index (χ2v) is 7.06. The van der Waals surface area contributed by atoms with E-state index in [1.807, 2.05) is 13.8 Å². The van der Waals surface area contributed by atoms with Crippen LogP contribution in [0.5, 0.6) is 0 Å². The van der Waals surface area contributed by atoms with Crippen LogP contribution in [0.2, 0.25) is 0 Å². The summed E-state index contributed by atoms with van der Waals surface area (Å²) in [5, 5.41) is 0. The van der Waals surface area contributed by atoms with Crippen molar-refractivity contribution in [1.82, 2.24) is 4.72 Å². The van der Waals surface area contributed by atoms with Gasteiger partial charge in [-0.2, -0.15) is 0 Å². The molecule has 1 rings (SSSR count). The number of rotatable bonds is 6. The van der Waals surface area contributed by atoms with Gasteiger partial charge in [0.05, 0.1) is 11.9 Å². The smallest absolute Gasteiger partial charge is 0.211 e. The highest BCUT2D eigenvalue weighted by Crippen LogP contribution is 2.42. The van der Waals surface area contributed by atoms with Gasteiger partial charge in [-0.1, -0.05) is 13.8 Å². The zero-order chi connectivity index (χ0) is 12.4. The van der Waals surface area contributed by atoms with E-state index in [9.17, 15) is 8.42 Å². The summed E-state index contributed by atoms with van der Waals surface area (Å²) in [6, 6.07) is -0.0298. The monoisotopic (exact) mass is 269 g/mol. The standard InChI is InChI=1S/C10H20ClNO3S/c1-10(2)8(7-9(10)15-3)12-16(13,14)6-4-5-11/h8-9,12H,4-7H2,1-3H3. The molecule has 0 saturated heterocycles. The Morgan fingerprint density at radius 3 is 2.56 bits per heavy atom. The van der Waals surface area contributed by atoms with Crippen molar-refractivity contribution in [3.63, 3.8) is 0 Å². The molecule has 1 fully saturated rings. The van der Waals surface area contributed by atoms with Gasteiger partial charge in [0.2, 0.25) is 10.0 Å². The predicted molar refractivity (Wildman–Crippen MR) is 65.2 cm³/mol. The number of ether oxygens (including phenoxy) is 1. The number of sulfonamides is 1. The largest absolute Gasteiger partial charge is 0.381 e. The molecule has 2 unspecified atom stereocenters. The Kier molecular flexibility index (Phi) is 4.63.